The Morgan fingerprint density at radius 3 is 2.63 bits per heavy atom. The third kappa shape index (κ3) is 3.89. The zero-order chi connectivity index (χ0) is 21.3. The van der Waals surface area contributed by atoms with Gasteiger partial charge in [0.05, 0.1) is 13.5 Å². The molecule has 0 aromatic heterocycles. The van der Waals surface area contributed by atoms with Gasteiger partial charge in [-0.3, -0.25) is 24.5 Å². The summed E-state index contributed by atoms with van der Waals surface area (Å²) < 4.78 is 5.10. The highest BCUT2D eigenvalue weighted by molar-refractivity contribution is 6.05. The molecule has 1 saturated heterocycles. The average Bonchev–Trinajstić information content (AvgIpc) is 3.04. The summed E-state index contributed by atoms with van der Waals surface area (Å²) in [7, 11) is 1.58. The van der Waals surface area contributed by atoms with Crippen molar-refractivity contribution in [2.24, 2.45) is 0 Å². The Morgan fingerprint density at radius 2 is 1.93 bits per heavy atom. The van der Waals surface area contributed by atoms with Gasteiger partial charge in [0.2, 0.25) is 17.7 Å². The van der Waals surface area contributed by atoms with Crippen LogP contribution in [0.2, 0.25) is 0 Å². The van der Waals surface area contributed by atoms with Crippen LogP contribution >= 0.6 is 0 Å². The van der Waals surface area contributed by atoms with E-state index in [4.69, 9.17) is 4.74 Å². The number of hydrogen-bond acceptors (Lipinski definition) is 5. The molecule has 2 aliphatic heterocycles. The van der Waals surface area contributed by atoms with E-state index in [1.807, 2.05) is 6.07 Å². The van der Waals surface area contributed by atoms with Crippen LogP contribution in [-0.4, -0.2) is 41.7 Å². The molecule has 2 N–H and O–H groups in total. The van der Waals surface area contributed by atoms with Crippen LogP contribution in [0.15, 0.2) is 42.5 Å². The zero-order valence-corrected chi connectivity index (χ0v) is 16.4. The first kappa shape index (κ1) is 19.6. The standard InChI is InChI=1S/C22H21N3O5/c1-30-16-5-3-15(4-6-16)23-20(27)11-13-2-7-17-14(10-13)12-25(22(17)29)18-8-9-19(26)24-21(18)28/h2-7,10,18H,8-9,11-12H2,1H3,(H,23,27)(H,24,26,28). The highest BCUT2D eigenvalue weighted by Gasteiger charge is 2.39. The van der Waals surface area contributed by atoms with E-state index < -0.39 is 11.9 Å². The molecule has 2 heterocycles. The number of nitrogens with zero attached hydrogens (tertiary/aromatic N) is 1. The first-order valence-corrected chi connectivity index (χ1v) is 9.65. The van der Waals surface area contributed by atoms with Gasteiger partial charge in [0.1, 0.15) is 11.8 Å². The van der Waals surface area contributed by atoms with Gasteiger partial charge in [-0.05, 0) is 47.9 Å². The van der Waals surface area contributed by atoms with E-state index in [1.165, 1.54) is 4.90 Å². The summed E-state index contributed by atoms with van der Waals surface area (Å²) in [4.78, 5) is 50.1. The predicted molar refractivity (Wildman–Crippen MR) is 108 cm³/mol. The molecule has 30 heavy (non-hydrogen) atoms. The maximum Gasteiger partial charge on any atom is 0.255 e. The number of benzene rings is 2. The molecule has 8 nitrogen and oxygen atoms in total. The molecular weight excluding hydrogens is 386 g/mol. The van der Waals surface area contributed by atoms with Gasteiger partial charge < -0.3 is 15.0 Å². The number of amides is 4. The van der Waals surface area contributed by atoms with Crippen molar-refractivity contribution < 1.29 is 23.9 Å². The maximum absolute atomic E-state index is 12.7. The number of piperidine rings is 1. The molecule has 2 aromatic carbocycles. The lowest BCUT2D eigenvalue weighted by Crippen LogP contribution is -2.52. The molecule has 1 atom stereocenters. The lowest BCUT2D eigenvalue weighted by molar-refractivity contribution is -0.137. The number of methoxy groups -OCH3 is 1. The monoisotopic (exact) mass is 407 g/mol. The summed E-state index contributed by atoms with van der Waals surface area (Å²) in [6.45, 7) is 0.286. The zero-order valence-electron chi connectivity index (χ0n) is 16.4. The third-order valence-corrected chi connectivity index (χ3v) is 5.33. The van der Waals surface area contributed by atoms with Gasteiger partial charge in [0.15, 0.2) is 0 Å². The van der Waals surface area contributed by atoms with Gasteiger partial charge in [-0.1, -0.05) is 12.1 Å². The highest BCUT2D eigenvalue weighted by Crippen LogP contribution is 2.28. The number of imide groups is 1. The van der Waals surface area contributed by atoms with E-state index >= 15 is 0 Å². The van der Waals surface area contributed by atoms with Gasteiger partial charge in [-0.2, -0.15) is 0 Å². The minimum Gasteiger partial charge on any atom is -0.497 e. The van der Waals surface area contributed by atoms with Crippen LogP contribution in [0.3, 0.4) is 0 Å². The van der Waals surface area contributed by atoms with Gasteiger partial charge in [0, 0.05) is 24.2 Å². The van der Waals surface area contributed by atoms with E-state index in [0.29, 0.717) is 23.4 Å². The number of carbonyl (C=O) groups excluding carboxylic acids is 4. The summed E-state index contributed by atoms with van der Waals surface area (Å²) in [5.41, 5.74) is 2.75. The second kappa shape index (κ2) is 7.98. The Kier molecular flexibility index (Phi) is 5.22. The second-order valence-electron chi connectivity index (χ2n) is 7.34. The molecule has 0 spiro atoms. The molecular formula is C22H21N3O5. The lowest BCUT2D eigenvalue weighted by Gasteiger charge is -2.29. The minimum atomic E-state index is -0.649. The topological polar surface area (TPSA) is 105 Å². The van der Waals surface area contributed by atoms with Crippen LogP contribution in [0, 0.1) is 0 Å². The van der Waals surface area contributed by atoms with Crippen molar-refractivity contribution in [1.82, 2.24) is 10.2 Å². The molecule has 2 aliphatic rings. The maximum atomic E-state index is 12.7. The van der Waals surface area contributed by atoms with Crippen LogP contribution in [0.25, 0.3) is 0 Å². The summed E-state index contributed by atoms with van der Waals surface area (Å²) in [6, 6.07) is 11.7. The van der Waals surface area contributed by atoms with Crippen molar-refractivity contribution in [3.8, 4) is 5.75 Å². The normalized spacial score (nSPS) is 18.1. The molecule has 2 aromatic rings. The van der Waals surface area contributed by atoms with Crippen LogP contribution in [-0.2, 0) is 27.3 Å². The molecule has 0 radical (unpaired) electrons. The number of nitrogens with one attached hydrogen (secondary N) is 2. The fourth-order valence-electron chi connectivity index (χ4n) is 3.80. The first-order chi connectivity index (χ1) is 14.4. The second-order valence-corrected chi connectivity index (χ2v) is 7.34. The van der Waals surface area contributed by atoms with Crippen molar-refractivity contribution in [2.45, 2.75) is 31.8 Å². The van der Waals surface area contributed by atoms with Crippen LogP contribution < -0.4 is 15.4 Å². The number of rotatable bonds is 5. The smallest absolute Gasteiger partial charge is 0.255 e. The molecule has 1 unspecified atom stereocenters. The molecule has 0 aliphatic carbocycles. The number of carbonyl (C=O) groups is 4. The van der Waals surface area contributed by atoms with Crippen LogP contribution in [0.4, 0.5) is 5.69 Å². The lowest BCUT2D eigenvalue weighted by atomic mass is 10.0. The largest absolute Gasteiger partial charge is 0.497 e. The van der Waals surface area contributed by atoms with Crippen LogP contribution in [0.1, 0.15) is 34.3 Å². The fraction of sp³-hybridized carbons (Fsp3) is 0.273. The van der Waals surface area contributed by atoms with Crippen molar-refractivity contribution in [3.63, 3.8) is 0 Å². The molecule has 0 bridgehead atoms. The van der Waals surface area contributed by atoms with Crippen molar-refractivity contribution in [2.75, 3.05) is 12.4 Å². The fourth-order valence-corrected chi connectivity index (χ4v) is 3.80. The number of anilines is 1. The van der Waals surface area contributed by atoms with Gasteiger partial charge in [0.25, 0.3) is 5.91 Å². The van der Waals surface area contributed by atoms with Crippen LogP contribution in [0.5, 0.6) is 5.75 Å². The Balaban J connectivity index is 1.42. The average molecular weight is 407 g/mol. The first-order valence-electron chi connectivity index (χ1n) is 9.65. The summed E-state index contributed by atoms with van der Waals surface area (Å²) in [5.74, 6) is -0.450. The summed E-state index contributed by atoms with van der Waals surface area (Å²) in [6.07, 6.45) is 0.695. The molecule has 4 rings (SSSR count). The minimum absolute atomic E-state index is 0.159. The quantitative estimate of drug-likeness (QED) is 0.733. The third-order valence-electron chi connectivity index (χ3n) is 5.33. The Morgan fingerprint density at radius 1 is 1.17 bits per heavy atom. The Bertz CT molecular complexity index is 1030. The van der Waals surface area contributed by atoms with Crippen molar-refractivity contribution >= 4 is 29.3 Å². The van der Waals surface area contributed by atoms with Crippen molar-refractivity contribution in [1.29, 1.82) is 0 Å². The van der Waals surface area contributed by atoms with Crippen molar-refractivity contribution in [3.05, 3.63) is 59.2 Å². The predicted octanol–water partition coefficient (Wildman–Crippen LogP) is 1.64. The van der Waals surface area contributed by atoms with E-state index in [1.54, 1.807) is 43.5 Å². The number of hydrogen-bond donors (Lipinski definition) is 2. The van der Waals surface area contributed by atoms with Gasteiger partial charge in [-0.15, -0.1) is 0 Å². The van der Waals surface area contributed by atoms with Gasteiger partial charge >= 0.3 is 0 Å². The number of fused-ring (bicyclic) bond motifs is 1. The van der Waals surface area contributed by atoms with Gasteiger partial charge in [-0.25, -0.2) is 0 Å². The molecule has 4 amide bonds. The van der Waals surface area contributed by atoms with E-state index in [9.17, 15) is 19.2 Å². The van der Waals surface area contributed by atoms with E-state index in [2.05, 4.69) is 10.6 Å². The highest BCUT2D eigenvalue weighted by atomic mass is 16.5. The molecule has 8 heteroatoms. The van der Waals surface area contributed by atoms with E-state index in [-0.39, 0.29) is 37.1 Å². The summed E-state index contributed by atoms with van der Waals surface area (Å²) >= 11 is 0. The SMILES string of the molecule is COc1ccc(NC(=O)Cc2ccc3c(c2)CN(C2CCC(=O)NC2=O)C3=O)cc1. The molecule has 0 saturated carbocycles. The van der Waals surface area contributed by atoms with E-state index in [0.717, 1.165) is 11.1 Å². The summed E-state index contributed by atoms with van der Waals surface area (Å²) in [5, 5.41) is 5.12. The Hall–Kier alpha value is -3.68. The molecule has 154 valence electrons. The number of ether oxygens (including phenoxy) is 1. The Labute approximate surface area is 173 Å². The molecule has 1 fully saturated rings.